The number of ether oxygens (including phenoxy) is 3. The average molecular weight is 457 g/mol. The van der Waals surface area contributed by atoms with Gasteiger partial charge in [-0.1, -0.05) is 6.07 Å². The Morgan fingerprint density at radius 3 is 2.44 bits per heavy atom. The number of alkyl carbamates (subject to hydrolysis) is 1. The molecule has 1 saturated heterocycles. The van der Waals surface area contributed by atoms with Gasteiger partial charge in [0, 0.05) is 23.1 Å². The second kappa shape index (κ2) is 7.64. The number of nitrogens with one attached hydrogen (secondary N) is 1. The molecular weight excluding hydrogens is 441 g/mol. The number of hydrogen-bond acceptors (Lipinski definition) is 5. The van der Waals surface area contributed by atoms with E-state index in [0.29, 0.717) is 23.8 Å². The number of carbonyl (C=O) groups is 2. The third-order valence-electron chi connectivity index (χ3n) is 5.28. The van der Waals surface area contributed by atoms with Crippen LogP contribution in [0, 0.1) is 6.92 Å². The van der Waals surface area contributed by atoms with Gasteiger partial charge in [0.05, 0.1) is 6.61 Å². The van der Waals surface area contributed by atoms with Crippen LogP contribution in [0.25, 0.3) is 0 Å². The van der Waals surface area contributed by atoms with Crippen molar-refractivity contribution in [2.24, 2.45) is 0 Å². The van der Waals surface area contributed by atoms with Gasteiger partial charge < -0.3 is 14.2 Å². The highest BCUT2D eigenvalue weighted by Crippen LogP contribution is 2.45. The van der Waals surface area contributed by atoms with Gasteiger partial charge in [0.1, 0.15) is 17.2 Å². The Morgan fingerprint density at radius 1 is 1.06 bits per heavy atom. The molecule has 1 N–H and O–H groups in total. The van der Waals surface area contributed by atoms with E-state index in [1.54, 1.807) is 6.07 Å². The highest BCUT2D eigenvalue weighted by molar-refractivity contribution is 6.00. The summed E-state index contributed by atoms with van der Waals surface area (Å²) < 4.78 is 81.2. The van der Waals surface area contributed by atoms with Crippen LogP contribution < -0.4 is 14.8 Å². The van der Waals surface area contributed by atoms with E-state index in [2.05, 4.69) is 5.32 Å². The summed E-state index contributed by atoms with van der Waals surface area (Å²) in [4.78, 5) is 23.3. The third kappa shape index (κ3) is 3.82. The molecule has 2 aromatic carbocycles. The summed E-state index contributed by atoms with van der Waals surface area (Å²) in [6.07, 6.45) is -7.07. The molecule has 0 aromatic heterocycles. The largest absolute Gasteiger partial charge is 0.493 e. The maximum atomic E-state index is 13.6. The van der Waals surface area contributed by atoms with Gasteiger partial charge >= 0.3 is 18.2 Å². The van der Waals surface area contributed by atoms with Gasteiger partial charge in [-0.25, -0.2) is 4.79 Å². The van der Waals surface area contributed by atoms with Crippen LogP contribution in [0.1, 0.15) is 29.0 Å². The number of aryl methyl sites for hydroxylation is 1. The molecule has 170 valence electrons. The number of amides is 2. The maximum Gasteiger partial charge on any atom is 0.458 e. The first kappa shape index (κ1) is 21.8. The molecule has 6 nitrogen and oxygen atoms in total. The lowest BCUT2D eigenvalue weighted by Gasteiger charge is -2.28. The first-order valence-electron chi connectivity index (χ1n) is 9.49. The van der Waals surface area contributed by atoms with Crippen molar-refractivity contribution in [2.45, 2.75) is 37.5 Å². The first-order chi connectivity index (χ1) is 15.0. The number of fused-ring (bicyclic) bond motifs is 1. The summed E-state index contributed by atoms with van der Waals surface area (Å²) in [5, 5.41) is 2.08. The minimum Gasteiger partial charge on any atom is -0.493 e. The highest BCUT2D eigenvalue weighted by atomic mass is 19.4. The van der Waals surface area contributed by atoms with Gasteiger partial charge in [0.15, 0.2) is 6.10 Å². The zero-order valence-electron chi connectivity index (χ0n) is 16.5. The third-order valence-corrected chi connectivity index (χ3v) is 5.28. The van der Waals surface area contributed by atoms with Crippen LogP contribution in [-0.4, -0.2) is 30.9 Å². The number of halogens is 5. The van der Waals surface area contributed by atoms with Gasteiger partial charge in [0.25, 0.3) is 5.91 Å². The van der Waals surface area contributed by atoms with Gasteiger partial charge in [-0.3, -0.25) is 10.1 Å². The van der Waals surface area contributed by atoms with Gasteiger partial charge in [-0.2, -0.15) is 22.0 Å². The minimum absolute atomic E-state index is 0.0810. The molecule has 2 amide bonds. The topological polar surface area (TPSA) is 73.9 Å². The van der Waals surface area contributed by atoms with E-state index in [1.807, 2.05) is 0 Å². The van der Waals surface area contributed by atoms with E-state index in [1.165, 1.54) is 19.1 Å². The Balaban J connectivity index is 1.56. The Morgan fingerprint density at radius 2 is 1.81 bits per heavy atom. The van der Waals surface area contributed by atoms with Crippen molar-refractivity contribution < 1.29 is 45.8 Å². The van der Waals surface area contributed by atoms with Crippen LogP contribution in [0.3, 0.4) is 0 Å². The van der Waals surface area contributed by atoms with E-state index in [-0.39, 0.29) is 23.7 Å². The number of imide groups is 1. The molecule has 2 atom stereocenters. The molecule has 0 bridgehead atoms. The Bertz CT molecular complexity index is 1080. The van der Waals surface area contributed by atoms with Crippen molar-refractivity contribution in [2.75, 3.05) is 6.61 Å². The van der Waals surface area contributed by atoms with Crippen molar-refractivity contribution in [3.8, 4) is 17.2 Å². The van der Waals surface area contributed by atoms with Gasteiger partial charge in [0.2, 0.25) is 0 Å². The van der Waals surface area contributed by atoms with Gasteiger partial charge in [-0.05, 0) is 43.2 Å². The number of rotatable bonds is 4. The fraction of sp³-hybridized carbons (Fsp3) is 0.333. The molecule has 1 fully saturated rings. The molecule has 0 aliphatic carbocycles. The van der Waals surface area contributed by atoms with Crippen molar-refractivity contribution in [1.29, 1.82) is 0 Å². The molecule has 4 rings (SSSR count). The lowest BCUT2D eigenvalue weighted by molar-refractivity contribution is -0.289. The Kier molecular flexibility index (Phi) is 5.22. The van der Waals surface area contributed by atoms with Crippen molar-refractivity contribution in [3.05, 3.63) is 53.1 Å². The predicted octanol–water partition coefficient (Wildman–Crippen LogP) is 4.94. The lowest BCUT2D eigenvalue weighted by atomic mass is 9.88. The zero-order valence-corrected chi connectivity index (χ0v) is 16.5. The van der Waals surface area contributed by atoms with Crippen LogP contribution in [0.2, 0.25) is 0 Å². The summed E-state index contributed by atoms with van der Waals surface area (Å²) in [7, 11) is 0. The predicted molar refractivity (Wildman–Crippen MR) is 98.9 cm³/mol. The summed E-state index contributed by atoms with van der Waals surface area (Å²) in [5.74, 6) is -5.24. The normalized spacial score (nSPS) is 20.8. The average Bonchev–Trinajstić information content (AvgIpc) is 3.05. The molecule has 0 spiro atoms. The second-order valence-corrected chi connectivity index (χ2v) is 7.41. The molecule has 2 aliphatic heterocycles. The smallest absolute Gasteiger partial charge is 0.458 e. The van der Waals surface area contributed by atoms with Crippen LogP contribution in [-0.2, 0) is 15.5 Å². The summed E-state index contributed by atoms with van der Waals surface area (Å²) in [6, 6.07) is 7.08. The minimum atomic E-state index is -5.71. The molecule has 0 radical (unpaired) electrons. The zero-order chi connectivity index (χ0) is 23.3. The van der Waals surface area contributed by atoms with E-state index in [0.717, 1.165) is 12.1 Å². The van der Waals surface area contributed by atoms with Crippen LogP contribution in [0.5, 0.6) is 17.2 Å². The quantitative estimate of drug-likeness (QED) is 0.659. The Labute approximate surface area is 178 Å². The molecule has 0 saturated carbocycles. The maximum absolute atomic E-state index is 13.6. The monoisotopic (exact) mass is 457 g/mol. The molecule has 1 unspecified atom stereocenters. The van der Waals surface area contributed by atoms with Gasteiger partial charge in [-0.15, -0.1) is 0 Å². The Hall–Kier alpha value is -3.37. The van der Waals surface area contributed by atoms with Crippen LogP contribution in [0.4, 0.5) is 26.7 Å². The standard InChI is InChI=1S/C21H16F5NO5/c1-10-8-11(20(22,23)21(24,25)26)2-5-15(10)31-12-3-4-13-14(6-7-30-16(13)9-12)17-18(28)27-19(29)32-17/h2-5,8-9,14,17H,6-7H2,1H3,(H,27,28,29)/t14-,17?/m1/s1. The molecule has 2 aromatic rings. The van der Waals surface area contributed by atoms with Crippen molar-refractivity contribution in [3.63, 3.8) is 0 Å². The molecular formula is C21H16F5NO5. The summed E-state index contributed by atoms with van der Waals surface area (Å²) in [6.45, 7) is 1.60. The number of carbonyl (C=O) groups excluding carboxylic acids is 2. The van der Waals surface area contributed by atoms with E-state index in [9.17, 15) is 31.5 Å². The highest BCUT2D eigenvalue weighted by Gasteiger charge is 2.58. The molecule has 2 heterocycles. The number of cyclic esters (lactones) is 1. The van der Waals surface area contributed by atoms with Crippen LogP contribution in [0.15, 0.2) is 36.4 Å². The number of benzene rings is 2. The van der Waals surface area contributed by atoms with Crippen molar-refractivity contribution >= 4 is 12.0 Å². The second-order valence-electron chi connectivity index (χ2n) is 7.41. The summed E-state index contributed by atoms with van der Waals surface area (Å²) in [5.41, 5.74) is -0.483. The van der Waals surface area contributed by atoms with Crippen molar-refractivity contribution in [1.82, 2.24) is 5.32 Å². The molecule has 11 heteroatoms. The fourth-order valence-corrected chi connectivity index (χ4v) is 3.66. The van der Waals surface area contributed by atoms with Crippen LogP contribution >= 0.6 is 0 Å². The lowest BCUT2D eigenvalue weighted by Crippen LogP contribution is -2.33. The van der Waals surface area contributed by atoms with E-state index >= 15 is 0 Å². The first-order valence-corrected chi connectivity index (χ1v) is 9.49. The molecule has 32 heavy (non-hydrogen) atoms. The summed E-state index contributed by atoms with van der Waals surface area (Å²) >= 11 is 0. The SMILES string of the molecule is Cc1cc(C(F)(F)C(F)(F)F)ccc1Oc1ccc2c(c1)OCC[C@H]2C1OC(=O)NC1=O. The fourth-order valence-electron chi connectivity index (χ4n) is 3.66. The number of hydrogen-bond donors (Lipinski definition) is 1. The van der Waals surface area contributed by atoms with E-state index < -0.39 is 41.7 Å². The molecule has 2 aliphatic rings. The van der Waals surface area contributed by atoms with E-state index in [4.69, 9.17) is 14.2 Å². The number of alkyl halides is 5.